The van der Waals surface area contributed by atoms with Gasteiger partial charge in [-0.2, -0.15) is 0 Å². The van der Waals surface area contributed by atoms with E-state index in [1.165, 1.54) is 6.07 Å². The fraction of sp³-hybridized carbons (Fsp3) is 0.190. The van der Waals surface area contributed by atoms with E-state index in [1.54, 1.807) is 49.4 Å². The van der Waals surface area contributed by atoms with Gasteiger partial charge in [-0.05, 0) is 31.2 Å². The minimum atomic E-state index is -1.12. The van der Waals surface area contributed by atoms with Crippen LogP contribution >= 0.6 is 11.8 Å². The largest absolute Gasteiger partial charge is 0.492 e. The Kier molecular flexibility index (Phi) is 7.11. The highest BCUT2D eigenvalue weighted by molar-refractivity contribution is 8.00. The summed E-state index contributed by atoms with van der Waals surface area (Å²) in [4.78, 5) is 63.2. The maximum absolute atomic E-state index is 12.8. The number of ether oxygens (including phenoxy) is 1. The predicted octanol–water partition coefficient (Wildman–Crippen LogP) is 1.60. The molecule has 0 aromatic heterocycles. The number of hydrogen-bond donors (Lipinski definition) is 2. The average molecular weight is 456 g/mol. The molecule has 32 heavy (non-hydrogen) atoms. The van der Waals surface area contributed by atoms with Crippen LogP contribution in [0.3, 0.4) is 0 Å². The van der Waals surface area contributed by atoms with Crippen molar-refractivity contribution in [3.8, 4) is 5.75 Å². The topological polar surface area (TPSA) is 139 Å². The monoisotopic (exact) mass is 456 g/mol. The number of nitrogens with zero attached hydrogens (tertiary/aromatic N) is 2. The van der Waals surface area contributed by atoms with Crippen LogP contribution in [0.2, 0.25) is 0 Å². The molecule has 1 aliphatic rings. The first-order valence-corrected chi connectivity index (χ1v) is 10.5. The van der Waals surface area contributed by atoms with E-state index >= 15 is 0 Å². The van der Waals surface area contributed by atoms with E-state index in [1.807, 2.05) is 0 Å². The van der Waals surface area contributed by atoms with Gasteiger partial charge in [-0.15, -0.1) is 11.8 Å². The number of hydrogen-bond acceptors (Lipinski definition) is 7. The molecule has 3 N–H and O–H groups in total. The van der Waals surface area contributed by atoms with Crippen molar-refractivity contribution in [1.82, 2.24) is 4.90 Å². The molecule has 0 spiro atoms. The van der Waals surface area contributed by atoms with Gasteiger partial charge in [0.05, 0.1) is 23.7 Å². The van der Waals surface area contributed by atoms with Crippen molar-refractivity contribution in [2.45, 2.75) is 11.8 Å². The van der Waals surface area contributed by atoms with Crippen LogP contribution in [-0.2, 0) is 19.2 Å². The van der Waals surface area contributed by atoms with E-state index in [0.29, 0.717) is 27.0 Å². The maximum atomic E-state index is 12.8. The summed E-state index contributed by atoms with van der Waals surface area (Å²) in [6.07, 6.45) is 0. The van der Waals surface area contributed by atoms with Gasteiger partial charge in [-0.1, -0.05) is 24.3 Å². The van der Waals surface area contributed by atoms with Gasteiger partial charge < -0.3 is 15.8 Å². The number of anilines is 2. The molecule has 0 saturated carbocycles. The Balaban J connectivity index is 1.76. The Hall–Kier alpha value is -3.86. The SMILES string of the molecule is CCOc1ccccc1N1C(=O)C(=O)N(CC(=O)Nc2ccccc2SCC(N)=O)C1=O. The highest BCUT2D eigenvalue weighted by atomic mass is 32.2. The molecule has 1 aliphatic heterocycles. The first-order chi connectivity index (χ1) is 15.3. The van der Waals surface area contributed by atoms with Crippen LogP contribution < -0.4 is 20.7 Å². The Morgan fingerprint density at radius 2 is 1.72 bits per heavy atom. The Morgan fingerprint density at radius 1 is 1.03 bits per heavy atom. The average Bonchev–Trinajstić information content (AvgIpc) is 2.97. The van der Waals surface area contributed by atoms with Gasteiger partial charge in [0.25, 0.3) is 0 Å². The Labute approximate surface area is 187 Å². The highest BCUT2D eigenvalue weighted by Crippen LogP contribution is 2.32. The number of nitrogens with two attached hydrogens (primary N) is 1. The van der Waals surface area contributed by atoms with Crippen LogP contribution in [0.5, 0.6) is 5.75 Å². The van der Waals surface area contributed by atoms with Crippen LogP contribution in [0, 0.1) is 0 Å². The molecule has 0 unspecified atom stereocenters. The summed E-state index contributed by atoms with van der Waals surface area (Å²) in [5.41, 5.74) is 5.66. The minimum Gasteiger partial charge on any atom is -0.492 e. The molecule has 1 fully saturated rings. The summed E-state index contributed by atoms with van der Waals surface area (Å²) in [6.45, 7) is 1.37. The second-order valence-corrected chi connectivity index (χ2v) is 7.53. The van der Waals surface area contributed by atoms with Gasteiger partial charge in [-0.3, -0.25) is 19.2 Å². The normalized spacial score (nSPS) is 13.5. The van der Waals surface area contributed by atoms with Gasteiger partial charge in [0.1, 0.15) is 12.3 Å². The number of urea groups is 1. The van der Waals surface area contributed by atoms with Crippen molar-refractivity contribution in [2.75, 3.05) is 29.1 Å². The molecule has 2 aromatic carbocycles. The quantitative estimate of drug-likeness (QED) is 0.332. The van der Waals surface area contributed by atoms with Crippen molar-refractivity contribution in [3.63, 3.8) is 0 Å². The summed E-state index contributed by atoms with van der Waals surface area (Å²) in [6, 6.07) is 12.0. The number of carbonyl (C=O) groups is 5. The van der Waals surface area contributed by atoms with Gasteiger partial charge in [0, 0.05) is 4.90 Å². The number of amides is 6. The Morgan fingerprint density at radius 3 is 2.44 bits per heavy atom. The lowest BCUT2D eigenvalue weighted by atomic mass is 10.2. The van der Waals surface area contributed by atoms with Crippen molar-refractivity contribution in [1.29, 1.82) is 0 Å². The third-order valence-corrected chi connectivity index (χ3v) is 5.39. The van der Waals surface area contributed by atoms with Gasteiger partial charge in [0.2, 0.25) is 11.8 Å². The zero-order chi connectivity index (χ0) is 23.3. The molecule has 0 atom stereocenters. The van der Waals surface area contributed by atoms with Crippen LogP contribution in [0.15, 0.2) is 53.4 Å². The number of benzene rings is 2. The zero-order valence-electron chi connectivity index (χ0n) is 17.1. The van der Waals surface area contributed by atoms with E-state index in [2.05, 4.69) is 5.32 Å². The fourth-order valence-corrected chi connectivity index (χ4v) is 3.70. The van der Waals surface area contributed by atoms with E-state index in [4.69, 9.17) is 10.5 Å². The van der Waals surface area contributed by atoms with Crippen molar-refractivity contribution >= 4 is 52.8 Å². The molecule has 166 valence electrons. The summed E-state index contributed by atoms with van der Waals surface area (Å²) in [5.74, 6) is -3.13. The predicted molar refractivity (Wildman–Crippen MR) is 117 cm³/mol. The van der Waals surface area contributed by atoms with Crippen molar-refractivity contribution < 1.29 is 28.7 Å². The minimum absolute atomic E-state index is 0.0126. The number of rotatable bonds is 9. The maximum Gasteiger partial charge on any atom is 0.339 e. The molecular formula is C21H20N4O6S. The van der Waals surface area contributed by atoms with Crippen LogP contribution in [-0.4, -0.2) is 53.5 Å². The number of imide groups is 2. The van der Waals surface area contributed by atoms with Gasteiger partial charge in [0.15, 0.2) is 0 Å². The fourth-order valence-electron chi connectivity index (χ4n) is 2.95. The number of thioether (sulfide) groups is 1. The van der Waals surface area contributed by atoms with Crippen LogP contribution in [0.25, 0.3) is 0 Å². The van der Waals surface area contributed by atoms with E-state index in [9.17, 15) is 24.0 Å². The lowest BCUT2D eigenvalue weighted by Gasteiger charge is -2.18. The van der Waals surface area contributed by atoms with Crippen molar-refractivity contribution in [3.05, 3.63) is 48.5 Å². The number of primary amides is 1. The summed E-state index contributed by atoms with van der Waals surface area (Å²) in [5, 5.41) is 2.59. The molecule has 2 aromatic rings. The number of carbonyl (C=O) groups excluding carboxylic acids is 5. The highest BCUT2D eigenvalue weighted by Gasteiger charge is 2.47. The summed E-state index contributed by atoms with van der Waals surface area (Å²) < 4.78 is 5.44. The van der Waals surface area contributed by atoms with Gasteiger partial charge in [-0.25, -0.2) is 14.6 Å². The zero-order valence-corrected chi connectivity index (χ0v) is 17.9. The molecule has 0 aliphatic carbocycles. The summed E-state index contributed by atoms with van der Waals surface area (Å²) in [7, 11) is 0. The number of nitrogens with one attached hydrogen (secondary N) is 1. The van der Waals surface area contributed by atoms with Crippen LogP contribution in [0.4, 0.5) is 16.2 Å². The lowest BCUT2D eigenvalue weighted by molar-refractivity contribution is -0.140. The standard InChI is InChI=1S/C21H20N4O6S/c1-2-31-15-9-5-4-8-14(15)25-20(29)19(28)24(21(25)30)11-18(27)23-13-7-3-6-10-16(13)32-12-17(22)26/h3-10H,2,11-12H2,1H3,(H2,22,26)(H,23,27). The number of para-hydroxylation sites is 3. The lowest BCUT2D eigenvalue weighted by Crippen LogP contribution is -2.39. The molecule has 1 heterocycles. The van der Waals surface area contributed by atoms with E-state index in [-0.39, 0.29) is 17.2 Å². The molecule has 3 rings (SSSR count). The smallest absolute Gasteiger partial charge is 0.339 e. The van der Waals surface area contributed by atoms with E-state index < -0.39 is 36.2 Å². The summed E-state index contributed by atoms with van der Waals surface area (Å²) >= 11 is 1.13. The molecule has 11 heteroatoms. The first kappa shape index (κ1) is 22.8. The molecule has 1 saturated heterocycles. The Bertz CT molecular complexity index is 1090. The van der Waals surface area contributed by atoms with Crippen LogP contribution in [0.1, 0.15) is 6.92 Å². The molecule has 0 bridgehead atoms. The second-order valence-electron chi connectivity index (χ2n) is 6.51. The van der Waals surface area contributed by atoms with Gasteiger partial charge >= 0.3 is 17.8 Å². The third-order valence-electron chi connectivity index (χ3n) is 4.29. The molecular weight excluding hydrogens is 436 g/mol. The third kappa shape index (κ3) is 4.89. The van der Waals surface area contributed by atoms with E-state index in [0.717, 1.165) is 11.8 Å². The first-order valence-electron chi connectivity index (χ1n) is 9.55. The van der Waals surface area contributed by atoms with Crippen molar-refractivity contribution in [2.24, 2.45) is 5.73 Å². The second kappa shape index (κ2) is 9.96. The molecule has 0 radical (unpaired) electrons. The molecule has 10 nitrogen and oxygen atoms in total. The molecule has 6 amide bonds.